The summed E-state index contributed by atoms with van der Waals surface area (Å²) in [4.78, 5) is 12.7. The SMILES string of the molecule is CC(CBr)N(C)C(=O)CS(C)(=O)=O. The van der Waals surface area contributed by atoms with Crippen LogP contribution in [0, 0.1) is 0 Å². The van der Waals surface area contributed by atoms with Gasteiger partial charge in [-0.2, -0.15) is 0 Å². The molecule has 0 radical (unpaired) electrons. The van der Waals surface area contributed by atoms with Crippen molar-refractivity contribution in [2.24, 2.45) is 0 Å². The van der Waals surface area contributed by atoms with Crippen LogP contribution in [-0.4, -0.2) is 49.7 Å². The lowest BCUT2D eigenvalue weighted by molar-refractivity contribution is -0.128. The molecule has 0 aromatic carbocycles. The standard InChI is InChI=1S/C7H14BrNO3S/c1-6(4-8)9(2)7(10)5-13(3,11)12/h6H,4-5H2,1-3H3. The highest BCUT2D eigenvalue weighted by Crippen LogP contribution is 2.01. The molecular formula is C7H14BrNO3S. The van der Waals surface area contributed by atoms with Crippen LogP contribution in [0.1, 0.15) is 6.92 Å². The van der Waals surface area contributed by atoms with E-state index in [1.807, 2.05) is 6.92 Å². The molecule has 78 valence electrons. The molecule has 0 fully saturated rings. The maximum Gasteiger partial charge on any atom is 0.237 e. The zero-order chi connectivity index (χ0) is 10.6. The van der Waals surface area contributed by atoms with Crippen LogP contribution >= 0.6 is 15.9 Å². The highest BCUT2D eigenvalue weighted by Gasteiger charge is 2.18. The minimum Gasteiger partial charge on any atom is -0.341 e. The quantitative estimate of drug-likeness (QED) is 0.690. The number of rotatable bonds is 4. The van der Waals surface area contributed by atoms with Gasteiger partial charge in [0.25, 0.3) is 0 Å². The molecular weight excluding hydrogens is 258 g/mol. The Balaban J connectivity index is 4.28. The summed E-state index contributed by atoms with van der Waals surface area (Å²) in [7, 11) is -1.62. The van der Waals surface area contributed by atoms with Crippen LogP contribution in [-0.2, 0) is 14.6 Å². The number of hydrogen-bond acceptors (Lipinski definition) is 3. The first-order valence-electron chi connectivity index (χ1n) is 3.77. The lowest BCUT2D eigenvalue weighted by Crippen LogP contribution is -2.39. The van der Waals surface area contributed by atoms with Crippen molar-refractivity contribution in [1.29, 1.82) is 0 Å². The van der Waals surface area contributed by atoms with Gasteiger partial charge in [-0.3, -0.25) is 4.79 Å². The van der Waals surface area contributed by atoms with Gasteiger partial charge in [0.05, 0.1) is 0 Å². The molecule has 0 aliphatic carbocycles. The van der Waals surface area contributed by atoms with Crippen molar-refractivity contribution in [2.75, 3.05) is 24.4 Å². The van der Waals surface area contributed by atoms with Gasteiger partial charge in [-0.15, -0.1) is 0 Å². The van der Waals surface area contributed by atoms with E-state index < -0.39 is 15.6 Å². The van der Waals surface area contributed by atoms with Crippen LogP contribution in [0.25, 0.3) is 0 Å². The molecule has 4 nitrogen and oxygen atoms in total. The number of carbonyl (C=O) groups is 1. The highest BCUT2D eigenvalue weighted by molar-refractivity contribution is 9.09. The molecule has 0 aromatic rings. The summed E-state index contributed by atoms with van der Waals surface area (Å²) in [6.07, 6.45) is 1.05. The van der Waals surface area contributed by atoms with Crippen molar-refractivity contribution >= 4 is 31.7 Å². The maximum atomic E-state index is 11.3. The van der Waals surface area contributed by atoms with Crippen LogP contribution in [0.4, 0.5) is 0 Å². The van der Waals surface area contributed by atoms with Crippen molar-refractivity contribution in [3.63, 3.8) is 0 Å². The molecule has 0 spiro atoms. The van der Waals surface area contributed by atoms with Gasteiger partial charge >= 0.3 is 0 Å². The van der Waals surface area contributed by atoms with Crippen molar-refractivity contribution in [3.8, 4) is 0 Å². The van der Waals surface area contributed by atoms with Gasteiger partial charge in [0.2, 0.25) is 5.91 Å². The molecule has 1 unspecified atom stereocenters. The Morgan fingerprint density at radius 3 is 2.31 bits per heavy atom. The molecule has 0 saturated carbocycles. The Labute approximate surface area is 87.3 Å². The molecule has 0 aromatic heterocycles. The molecule has 1 amide bonds. The van der Waals surface area contributed by atoms with Crippen LogP contribution in [0.3, 0.4) is 0 Å². The fourth-order valence-electron chi connectivity index (χ4n) is 0.675. The zero-order valence-electron chi connectivity index (χ0n) is 7.95. The second-order valence-corrected chi connectivity index (χ2v) is 5.87. The number of nitrogens with zero attached hydrogens (tertiary/aromatic N) is 1. The highest BCUT2D eigenvalue weighted by atomic mass is 79.9. The summed E-state index contributed by atoms with van der Waals surface area (Å²) in [5, 5.41) is 0.638. The molecule has 0 saturated heterocycles. The largest absolute Gasteiger partial charge is 0.341 e. The zero-order valence-corrected chi connectivity index (χ0v) is 10.4. The molecule has 13 heavy (non-hydrogen) atoms. The summed E-state index contributed by atoms with van der Waals surface area (Å²) in [6.45, 7) is 1.84. The second kappa shape index (κ2) is 4.95. The van der Waals surface area contributed by atoms with Crippen molar-refractivity contribution in [3.05, 3.63) is 0 Å². The fourth-order valence-corrected chi connectivity index (χ4v) is 1.76. The van der Waals surface area contributed by atoms with Gasteiger partial charge in [-0.1, -0.05) is 15.9 Å². The summed E-state index contributed by atoms with van der Waals surface area (Å²) >= 11 is 3.22. The predicted molar refractivity (Wildman–Crippen MR) is 55.7 cm³/mol. The van der Waals surface area contributed by atoms with E-state index in [0.717, 1.165) is 6.26 Å². The number of hydrogen-bond donors (Lipinski definition) is 0. The second-order valence-electron chi connectivity index (χ2n) is 3.08. The number of halogens is 1. The lowest BCUT2D eigenvalue weighted by atomic mass is 10.3. The minimum absolute atomic E-state index is 0.00856. The van der Waals surface area contributed by atoms with Crippen molar-refractivity contribution in [1.82, 2.24) is 4.90 Å². The topological polar surface area (TPSA) is 54.5 Å². The third kappa shape index (κ3) is 5.25. The third-order valence-electron chi connectivity index (χ3n) is 1.66. The first kappa shape index (κ1) is 12.9. The number of carbonyl (C=O) groups excluding carboxylic acids is 1. The Kier molecular flexibility index (Phi) is 4.91. The van der Waals surface area contributed by atoms with Crippen molar-refractivity contribution in [2.45, 2.75) is 13.0 Å². The van der Waals surface area contributed by atoms with E-state index in [2.05, 4.69) is 15.9 Å². The van der Waals surface area contributed by atoms with Gasteiger partial charge in [-0.05, 0) is 6.92 Å². The average Bonchev–Trinajstić information content (AvgIpc) is 1.98. The average molecular weight is 272 g/mol. The lowest BCUT2D eigenvalue weighted by Gasteiger charge is -2.22. The van der Waals surface area contributed by atoms with Gasteiger partial charge in [0, 0.05) is 24.7 Å². The molecule has 1 atom stereocenters. The molecule has 0 bridgehead atoms. The van der Waals surface area contributed by atoms with Crippen LogP contribution < -0.4 is 0 Å². The monoisotopic (exact) mass is 271 g/mol. The van der Waals surface area contributed by atoms with Gasteiger partial charge < -0.3 is 4.90 Å². The van der Waals surface area contributed by atoms with E-state index in [9.17, 15) is 13.2 Å². The summed E-state index contributed by atoms with van der Waals surface area (Å²) in [5.41, 5.74) is 0. The van der Waals surface area contributed by atoms with Gasteiger partial charge in [0.15, 0.2) is 9.84 Å². The number of amides is 1. The van der Waals surface area contributed by atoms with E-state index in [1.54, 1.807) is 7.05 Å². The third-order valence-corrected chi connectivity index (χ3v) is 3.37. The predicted octanol–water partition coefficient (Wildman–Crippen LogP) is 0.273. The molecule has 0 rings (SSSR count). The first-order chi connectivity index (χ1) is 5.78. The van der Waals surface area contributed by atoms with Crippen LogP contribution in [0.15, 0.2) is 0 Å². The van der Waals surface area contributed by atoms with Gasteiger partial charge in [0.1, 0.15) is 5.75 Å². The first-order valence-corrected chi connectivity index (χ1v) is 6.95. The Morgan fingerprint density at radius 2 is 2.00 bits per heavy atom. The molecule has 0 aliphatic rings. The number of alkyl halides is 1. The maximum absolute atomic E-state index is 11.3. The fraction of sp³-hybridized carbons (Fsp3) is 0.857. The normalized spacial score (nSPS) is 13.8. The Hall–Kier alpha value is -0.100. The van der Waals surface area contributed by atoms with Gasteiger partial charge in [-0.25, -0.2) is 8.42 Å². The van der Waals surface area contributed by atoms with Crippen molar-refractivity contribution < 1.29 is 13.2 Å². The van der Waals surface area contributed by atoms with E-state index in [-0.39, 0.29) is 11.9 Å². The van der Waals surface area contributed by atoms with Crippen LogP contribution in [0.5, 0.6) is 0 Å². The number of sulfone groups is 1. The molecule has 0 N–H and O–H groups in total. The molecule has 0 aliphatic heterocycles. The van der Waals surface area contributed by atoms with E-state index in [0.29, 0.717) is 5.33 Å². The van der Waals surface area contributed by atoms with E-state index in [1.165, 1.54) is 4.90 Å². The summed E-state index contributed by atoms with van der Waals surface area (Å²) < 4.78 is 21.6. The Bertz CT molecular complexity index is 275. The summed E-state index contributed by atoms with van der Waals surface area (Å²) in [5.74, 6) is -0.782. The molecule has 0 heterocycles. The van der Waals surface area contributed by atoms with Crippen LogP contribution in [0.2, 0.25) is 0 Å². The van der Waals surface area contributed by atoms with E-state index in [4.69, 9.17) is 0 Å². The smallest absolute Gasteiger partial charge is 0.237 e. The minimum atomic E-state index is -3.22. The molecule has 6 heteroatoms. The summed E-state index contributed by atoms with van der Waals surface area (Å²) in [6, 6.07) is 0.00856. The van der Waals surface area contributed by atoms with E-state index >= 15 is 0 Å². The Morgan fingerprint density at radius 1 is 1.54 bits per heavy atom.